The fraction of sp³-hybridized carbons (Fsp3) is 0.211. The molecule has 2 rings (SSSR count). The lowest BCUT2D eigenvalue weighted by Crippen LogP contribution is -2.36. The molecule has 0 spiro atoms. The van der Waals surface area contributed by atoms with Crippen LogP contribution in [0.1, 0.15) is 16.4 Å². The first-order valence-electron chi connectivity index (χ1n) is 8.18. The predicted octanol–water partition coefficient (Wildman–Crippen LogP) is 1.93. The Hall–Kier alpha value is -2.94. The van der Waals surface area contributed by atoms with E-state index < -0.39 is 36.0 Å². The summed E-state index contributed by atoms with van der Waals surface area (Å²) in [7, 11) is 0. The summed E-state index contributed by atoms with van der Waals surface area (Å²) in [5, 5.41) is 1.83. The number of rotatable bonds is 9. The van der Waals surface area contributed by atoms with Gasteiger partial charge < -0.3 is 15.8 Å². The third-order valence-electron chi connectivity index (χ3n) is 3.54. The van der Waals surface area contributed by atoms with Crippen LogP contribution in [0.2, 0.25) is 0 Å². The molecule has 0 aliphatic rings. The molecule has 0 heterocycles. The zero-order valence-electron chi connectivity index (χ0n) is 14.7. The molecule has 2 aromatic carbocycles. The summed E-state index contributed by atoms with van der Waals surface area (Å²) in [6.45, 7) is -0.882. The van der Waals surface area contributed by atoms with E-state index in [1.54, 1.807) is 24.3 Å². The monoisotopic (exact) mass is 408 g/mol. The van der Waals surface area contributed by atoms with Gasteiger partial charge in [-0.25, -0.2) is 8.78 Å². The van der Waals surface area contributed by atoms with E-state index >= 15 is 0 Å². The molecule has 0 bridgehead atoms. The van der Waals surface area contributed by atoms with Crippen LogP contribution in [-0.4, -0.2) is 36.7 Å². The number of primary amides is 1. The third kappa shape index (κ3) is 6.99. The summed E-state index contributed by atoms with van der Waals surface area (Å²) in [5.41, 5.74) is 6.35. The molecule has 0 radical (unpaired) electrons. The molecule has 148 valence electrons. The Balaban J connectivity index is 1.97. The van der Waals surface area contributed by atoms with Crippen LogP contribution in [0.5, 0.6) is 0 Å². The minimum Gasteiger partial charge on any atom is -0.455 e. The highest BCUT2D eigenvalue weighted by Gasteiger charge is 2.18. The number of esters is 1. The van der Waals surface area contributed by atoms with Crippen LogP contribution in [0.3, 0.4) is 0 Å². The van der Waals surface area contributed by atoms with Gasteiger partial charge in [-0.15, -0.1) is 11.8 Å². The number of thioether (sulfide) groups is 1. The highest BCUT2D eigenvalue weighted by atomic mass is 32.2. The topological polar surface area (TPSA) is 98.5 Å². The highest BCUT2D eigenvalue weighted by molar-refractivity contribution is 8.00. The van der Waals surface area contributed by atoms with E-state index in [-0.39, 0.29) is 17.5 Å². The first-order valence-corrected chi connectivity index (χ1v) is 9.23. The summed E-state index contributed by atoms with van der Waals surface area (Å²) in [5.74, 6) is -2.89. The summed E-state index contributed by atoms with van der Waals surface area (Å²) < 4.78 is 31.3. The van der Waals surface area contributed by atoms with Crippen LogP contribution in [0.4, 0.5) is 8.78 Å². The molecule has 0 aliphatic heterocycles. The number of nitrogens with two attached hydrogens (primary N) is 1. The first kappa shape index (κ1) is 21.4. The Labute approximate surface area is 164 Å². The second-order valence-corrected chi connectivity index (χ2v) is 6.79. The van der Waals surface area contributed by atoms with E-state index in [0.717, 1.165) is 11.1 Å². The molecular formula is C19H18F2N2O4S. The fourth-order valence-electron chi connectivity index (χ4n) is 2.24. The zero-order chi connectivity index (χ0) is 20.5. The number of hydrogen-bond acceptors (Lipinski definition) is 5. The Bertz CT molecular complexity index is 783. The molecule has 28 heavy (non-hydrogen) atoms. The van der Waals surface area contributed by atoms with Crippen molar-refractivity contribution >= 4 is 29.5 Å². The quantitative estimate of drug-likeness (QED) is 0.618. The van der Waals surface area contributed by atoms with Crippen LogP contribution in [0.25, 0.3) is 0 Å². The van der Waals surface area contributed by atoms with Gasteiger partial charge in [0, 0.05) is 0 Å². The van der Waals surface area contributed by atoms with Crippen molar-refractivity contribution in [3.05, 3.63) is 71.3 Å². The maximum absolute atomic E-state index is 13.2. The smallest absolute Gasteiger partial charge is 0.316 e. The minimum atomic E-state index is -0.711. The number of nitrogens with one attached hydrogen (secondary N) is 1. The van der Waals surface area contributed by atoms with Crippen LogP contribution >= 0.6 is 11.8 Å². The third-order valence-corrected chi connectivity index (χ3v) is 4.82. The fourth-order valence-corrected chi connectivity index (χ4v) is 3.32. The van der Waals surface area contributed by atoms with Gasteiger partial charge in [-0.3, -0.25) is 14.4 Å². The van der Waals surface area contributed by atoms with E-state index in [0.29, 0.717) is 0 Å². The second kappa shape index (κ2) is 10.4. The summed E-state index contributed by atoms with van der Waals surface area (Å²) in [6, 6.07) is 11.5. The van der Waals surface area contributed by atoms with Crippen molar-refractivity contribution in [3.8, 4) is 0 Å². The number of amides is 2. The van der Waals surface area contributed by atoms with Gasteiger partial charge in [-0.1, -0.05) is 24.3 Å². The average molecular weight is 408 g/mol. The number of halogens is 2. The van der Waals surface area contributed by atoms with Crippen molar-refractivity contribution in [2.75, 3.05) is 18.9 Å². The zero-order valence-corrected chi connectivity index (χ0v) is 15.5. The van der Waals surface area contributed by atoms with Gasteiger partial charge in [0.05, 0.1) is 17.5 Å². The number of ether oxygens (including phenoxy) is 1. The molecule has 2 aromatic rings. The molecule has 0 atom stereocenters. The van der Waals surface area contributed by atoms with Crippen LogP contribution < -0.4 is 11.1 Å². The highest BCUT2D eigenvalue weighted by Crippen LogP contribution is 2.35. The number of carbonyl (C=O) groups excluding carboxylic acids is 3. The molecular weight excluding hydrogens is 390 g/mol. The van der Waals surface area contributed by atoms with Crippen molar-refractivity contribution in [1.82, 2.24) is 5.32 Å². The largest absolute Gasteiger partial charge is 0.455 e. The molecule has 0 saturated carbocycles. The number of hydrogen-bond donors (Lipinski definition) is 2. The van der Waals surface area contributed by atoms with Gasteiger partial charge >= 0.3 is 5.97 Å². The molecule has 0 aromatic heterocycles. The van der Waals surface area contributed by atoms with Crippen molar-refractivity contribution < 1.29 is 27.9 Å². The Morgan fingerprint density at radius 2 is 1.46 bits per heavy atom. The standard InChI is InChI=1S/C19H18F2N2O4S/c20-14-5-1-12(2-6-14)19(13-3-7-15(21)8-4-13)28-11-18(26)27-10-17(25)23-9-16(22)24/h1-8,19H,9-11H2,(H2,22,24)(H,23,25). The second-order valence-electron chi connectivity index (χ2n) is 5.70. The summed E-state index contributed by atoms with van der Waals surface area (Å²) in [6.07, 6.45) is 0. The molecule has 0 aliphatic carbocycles. The predicted molar refractivity (Wildman–Crippen MR) is 100 cm³/mol. The van der Waals surface area contributed by atoms with Gasteiger partial charge in [-0.05, 0) is 35.4 Å². The molecule has 2 amide bonds. The normalized spacial score (nSPS) is 10.5. The van der Waals surface area contributed by atoms with Gasteiger partial charge in [0.1, 0.15) is 11.6 Å². The molecule has 6 nitrogen and oxygen atoms in total. The molecule has 0 fully saturated rings. The van der Waals surface area contributed by atoms with Gasteiger partial charge in [0.15, 0.2) is 6.61 Å². The summed E-state index contributed by atoms with van der Waals surface area (Å²) >= 11 is 1.19. The molecule has 9 heteroatoms. The molecule has 3 N–H and O–H groups in total. The van der Waals surface area contributed by atoms with Gasteiger partial charge in [0.25, 0.3) is 5.91 Å². The summed E-state index contributed by atoms with van der Waals surface area (Å²) in [4.78, 5) is 33.9. The van der Waals surface area contributed by atoms with Crippen molar-refractivity contribution in [3.63, 3.8) is 0 Å². The van der Waals surface area contributed by atoms with Crippen molar-refractivity contribution in [2.24, 2.45) is 5.73 Å². The van der Waals surface area contributed by atoms with Crippen molar-refractivity contribution in [2.45, 2.75) is 5.25 Å². The minimum absolute atomic E-state index is 0.0947. The maximum Gasteiger partial charge on any atom is 0.316 e. The average Bonchev–Trinajstić information content (AvgIpc) is 2.67. The van der Waals surface area contributed by atoms with E-state index in [4.69, 9.17) is 10.5 Å². The lowest BCUT2D eigenvalue weighted by molar-refractivity contribution is -0.146. The number of benzene rings is 2. The SMILES string of the molecule is NC(=O)CNC(=O)COC(=O)CSC(c1ccc(F)cc1)c1ccc(F)cc1. The van der Waals surface area contributed by atoms with E-state index in [9.17, 15) is 23.2 Å². The van der Waals surface area contributed by atoms with E-state index in [1.165, 1.54) is 36.0 Å². The van der Waals surface area contributed by atoms with Crippen LogP contribution in [-0.2, 0) is 19.1 Å². The van der Waals surface area contributed by atoms with Crippen LogP contribution in [0, 0.1) is 11.6 Å². The van der Waals surface area contributed by atoms with E-state index in [1.807, 2.05) is 0 Å². The van der Waals surface area contributed by atoms with Gasteiger partial charge in [-0.2, -0.15) is 0 Å². The van der Waals surface area contributed by atoms with Gasteiger partial charge in [0.2, 0.25) is 5.91 Å². The van der Waals surface area contributed by atoms with Crippen LogP contribution in [0.15, 0.2) is 48.5 Å². The lowest BCUT2D eigenvalue weighted by atomic mass is 10.0. The molecule has 0 saturated heterocycles. The maximum atomic E-state index is 13.2. The van der Waals surface area contributed by atoms with Crippen molar-refractivity contribution in [1.29, 1.82) is 0 Å². The van der Waals surface area contributed by atoms with E-state index in [2.05, 4.69) is 5.32 Å². The Morgan fingerprint density at radius 3 is 1.93 bits per heavy atom. The number of carbonyl (C=O) groups is 3. The Morgan fingerprint density at radius 1 is 0.964 bits per heavy atom. The lowest BCUT2D eigenvalue weighted by Gasteiger charge is -2.17. The molecule has 0 unspecified atom stereocenters. The Kier molecular flexibility index (Phi) is 7.94. The first-order chi connectivity index (χ1) is 13.3.